The quantitative estimate of drug-likeness (QED) is 0.592. The van der Waals surface area contributed by atoms with Crippen molar-refractivity contribution in [3.8, 4) is 0 Å². The van der Waals surface area contributed by atoms with Crippen molar-refractivity contribution in [3.05, 3.63) is 15.7 Å². The van der Waals surface area contributed by atoms with Crippen molar-refractivity contribution in [1.29, 1.82) is 0 Å². The molecule has 0 atom stereocenters. The zero-order valence-electron chi connectivity index (χ0n) is 13.6. The van der Waals surface area contributed by atoms with E-state index in [1.807, 2.05) is 20.8 Å². The molecule has 0 bridgehead atoms. The highest BCUT2D eigenvalue weighted by Gasteiger charge is 2.32. The Labute approximate surface area is 145 Å². The van der Waals surface area contributed by atoms with Crippen molar-refractivity contribution in [2.45, 2.75) is 40.0 Å². The fourth-order valence-corrected chi connectivity index (χ4v) is 3.71. The topological polar surface area (TPSA) is 54.8 Å². The molecule has 0 amide bonds. The minimum Gasteiger partial charge on any atom is -0.406 e. The van der Waals surface area contributed by atoms with Gasteiger partial charge in [0, 0.05) is 18.5 Å². The van der Waals surface area contributed by atoms with Crippen LogP contribution in [0.5, 0.6) is 0 Å². The monoisotopic (exact) mass is 353 g/mol. The first-order valence-electron chi connectivity index (χ1n) is 7.79. The summed E-state index contributed by atoms with van der Waals surface area (Å²) in [6.07, 6.45) is 5.30. The Morgan fingerprint density at radius 1 is 1.26 bits per heavy atom. The van der Waals surface area contributed by atoms with Gasteiger partial charge >= 0.3 is 5.97 Å². The zero-order valence-corrected chi connectivity index (χ0v) is 15.1. The Bertz CT molecular complexity index is 682. The number of carbonyl (C=O) groups excluding carboxylic acids is 1. The van der Waals surface area contributed by atoms with E-state index < -0.39 is 5.97 Å². The maximum absolute atomic E-state index is 12.0. The van der Waals surface area contributed by atoms with Gasteiger partial charge in [-0.2, -0.15) is 0 Å². The van der Waals surface area contributed by atoms with E-state index in [2.05, 4.69) is 14.9 Å². The van der Waals surface area contributed by atoms with Gasteiger partial charge in [0.15, 0.2) is 10.8 Å². The SMILES string of the molecule is CC(C)(C)C1=NC(=Cc2sc(N3CCCCC3)nc2Cl)C(=O)O1. The van der Waals surface area contributed by atoms with Gasteiger partial charge in [-0.15, -0.1) is 0 Å². The lowest BCUT2D eigenvalue weighted by Crippen LogP contribution is -2.29. The summed E-state index contributed by atoms with van der Waals surface area (Å²) in [6.45, 7) is 7.88. The van der Waals surface area contributed by atoms with Crippen LogP contribution in [0.15, 0.2) is 10.7 Å². The number of aromatic nitrogens is 1. The highest BCUT2D eigenvalue weighted by molar-refractivity contribution is 7.17. The van der Waals surface area contributed by atoms with Crippen molar-refractivity contribution in [3.63, 3.8) is 0 Å². The molecule has 124 valence electrons. The number of esters is 1. The van der Waals surface area contributed by atoms with Crippen LogP contribution in [0, 0.1) is 5.41 Å². The third kappa shape index (κ3) is 3.58. The van der Waals surface area contributed by atoms with E-state index in [4.69, 9.17) is 16.3 Å². The first-order valence-corrected chi connectivity index (χ1v) is 8.98. The van der Waals surface area contributed by atoms with Crippen molar-refractivity contribution >= 4 is 46.0 Å². The lowest BCUT2D eigenvalue weighted by molar-refractivity contribution is -0.130. The molecule has 0 radical (unpaired) electrons. The third-order valence-electron chi connectivity index (χ3n) is 3.75. The molecular formula is C16H20ClN3O2S. The van der Waals surface area contributed by atoms with Crippen LogP contribution in [0.4, 0.5) is 5.13 Å². The van der Waals surface area contributed by atoms with Gasteiger partial charge in [0.2, 0.25) is 5.90 Å². The fourth-order valence-electron chi connectivity index (χ4n) is 2.47. The summed E-state index contributed by atoms with van der Waals surface area (Å²) in [4.78, 5) is 23.7. The number of carbonyl (C=O) groups is 1. The van der Waals surface area contributed by atoms with Crippen LogP contribution in [-0.2, 0) is 9.53 Å². The number of nitrogens with zero attached hydrogens (tertiary/aromatic N) is 3. The summed E-state index contributed by atoms with van der Waals surface area (Å²) in [7, 11) is 0. The van der Waals surface area contributed by atoms with E-state index in [1.54, 1.807) is 6.08 Å². The Morgan fingerprint density at radius 2 is 1.96 bits per heavy atom. The second-order valence-electron chi connectivity index (χ2n) is 6.79. The molecule has 0 unspecified atom stereocenters. The average Bonchev–Trinajstić information content (AvgIpc) is 3.04. The molecule has 23 heavy (non-hydrogen) atoms. The van der Waals surface area contributed by atoms with E-state index in [0.29, 0.717) is 11.1 Å². The number of rotatable bonds is 2. The maximum atomic E-state index is 12.0. The highest BCUT2D eigenvalue weighted by Crippen LogP contribution is 2.34. The number of aliphatic imine (C=N–C) groups is 1. The minimum absolute atomic E-state index is 0.283. The van der Waals surface area contributed by atoms with Crippen molar-refractivity contribution < 1.29 is 9.53 Å². The molecule has 5 nitrogen and oxygen atoms in total. The lowest BCUT2D eigenvalue weighted by Gasteiger charge is -2.25. The summed E-state index contributed by atoms with van der Waals surface area (Å²) < 4.78 is 5.25. The predicted octanol–water partition coefficient (Wildman–Crippen LogP) is 4.13. The number of ether oxygens (including phenoxy) is 1. The first-order chi connectivity index (χ1) is 10.8. The molecule has 1 saturated heterocycles. The van der Waals surface area contributed by atoms with E-state index in [0.717, 1.165) is 23.1 Å². The van der Waals surface area contributed by atoms with E-state index in [9.17, 15) is 4.79 Å². The van der Waals surface area contributed by atoms with E-state index in [-0.39, 0.29) is 11.1 Å². The number of hydrogen-bond donors (Lipinski definition) is 0. The Hall–Kier alpha value is -1.40. The molecule has 0 N–H and O–H groups in total. The van der Waals surface area contributed by atoms with Crippen LogP contribution < -0.4 is 4.90 Å². The first kappa shape index (κ1) is 16.5. The summed E-state index contributed by atoms with van der Waals surface area (Å²) in [5.41, 5.74) is -0.0208. The number of halogens is 1. The van der Waals surface area contributed by atoms with Gasteiger partial charge in [-0.05, 0) is 25.3 Å². The molecular weight excluding hydrogens is 334 g/mol. The second-order valence-corrected chi connectivity index (χ2v) is 8.15. The third-order valence-corrected chi connectivity index (χ3v) is 5.22. The van der Waals surface area contributed by atoms with Crippen LogP contribution in [0.3, 0.4) is 0 Å². The molecule has 1 aromatic rings. The molecule has 1 aromatic heterocycles. The molecule has 3 heterocycles. The van der Waals surface area contributed by atoms with Crippen LogP contribution >= 0.6 is 22.9 Å². The van der Waals surface area contributed by atoms with Gasteiger partial charge in [0.1, 0.15) is 5.15 Å². The molecule has 0 spiro atoms. The lowest BCUT2D eigenvalue weighted by atomic mass is 9.97. The largest absolute Gasteiger partial charge is 0.406 e. The summed E-state index contributed by atoms with van der Waals surface area (Å²) in [5.74, 6) is 0.00422. The van der Waals surface area contributed by atoms with Gasteiger partial charge in [-0.1, -0.05) is 43.7 Å². The molecule has 0 aliphatic carbocycles. The molecule has 2 aliphatic rings. The van der Waals surface area contributed by atoms with Crippen molar-refractivity contribution in [2.24, 2.45) is 10.4 Å². The highest BCUT2D eigenvalue weighted by atomic mass is 35.5. The fraction of sp³-hybridized carbons (Fsp3) is 0.562. The maximum Gasteiger partial charge on any atom is 0.363 e. The summed E-state index contributed by atoms with van der Waals surface area (Å²) >= 11 is 7.74. The van der Waals surface area contributed by atoms with Gasteiger partial charge in [0.25, 0.3) is 0 Å². The molecule has 2 aliphatic heterocycles. The molecule has 0 aromatic carbocycles. The molecule has 0 saturated carbocycles. The Balaban J connectivity index is 1.86. The van der Waals surface area contributed by atoms with E-state index in [1.165, 1.54) is 30.6 Å². The van der Waals surface area contributed by atoms with Gasteiger partial charge in [0.05, 0.1) is 4.88 Å². The number of cyclic esters (lactones) is 1. The van der Waals surface area contributed by atoms with Crippen LogP contribution in [0.1, 0.15) is 44.9 Å². The van der Waals surface area contributed by atoms with Gasteiger partial charge in [-0.25, -0.2) is 14.8 Å². The number of piperidine rings is 1. The smallest absolute Gasteiger partial charge is 0.363 e. The molecule has 7 heteroatoms. The summed E-state index contributed by atoms with van der Waals surface area (Å²) in [5, 5.41) is 1.32. The number of anilines is 1. The Kier molecular flexibility index (Phi) is 4.47. The number of thiazole rings is 1. The number of hydrogen-bond acceptors (Lipinski definition) is 6. The minimum atomic E-state index is -0.432. The van der Waals surface area contributed by atoms with Crippen LogP contribution in [0.25, 0.3) is 6.08 Å². The standard InChI is InChI=1S/C16H20ClN3O2S/c1-16(2,3)14-18-10(13(21)22-14)9-11-12(17)19-15(23-11)20-7-5-4-6-8-20/h9H,4-8H2,1-3H3. The average molecular weight is 354 g/mol. The Morgan fingerprint density at radius 3 is 2.57 bits per heavy atom. The summed E-state index contributed by atoms with van der Waals surface area (Å²) in [6, 6.07) is 0. The van der Waals surface area contributed by atoms with Crippen molar-refractivity contribution in [1.82, 2.24) is 4.98 Å². The van der Waals surface area contributed by atoms with Crippen LogP contribution in [-0.4, -0.2) is 29.9 Å². The zero-order chi connectivity index (χ0) is 16.6. The normalized spacial score (nSPS) is 20.9. The van der Waals surface area contributed by atoms with Crippen molar-refractivity contribution in [2.75, 3.05) is 18.0 Å². The molecule has 1 fully saturated rings. The van der Waals surface area contributed by atoms with Gasteiger partial charge in [-0.3, -0.25) is 0 Å². The predicted molar refractivity (Wildman–Crippen MR) is 94.1 cm³/mol. The molecule has 3 rings (SSSR count). The van der Waals surface area contributed by atoms with Gasteiger partial charge < -0.3 is 9.64 Å². The van der Waals surface area contributed by atoms with Crippen LogP contribution in [0.2, 0.25) is 5.15 Å². The second kappa shape index (κ2) is 6.24. The van der Waals surface area contributed by atoms with E-state index >= 15 is 0 Å².